The van der Waals surface area contributed by atoms with Gasteiger partial charge in [-0.15, -0.1) is 0 Å². The van der Waals surface area contributed by atoms with E-state index in [1.54, 1.807) is 36.4 Å². The van der Waals surface area contributed by atoms with Gasteiger partial charge in [0.1, 0.15) is 11.9 Å². The van der Waals surface area contributed by atoms with Crippen LogP contribution in [0.1, 0.15) is 12.1 Å². The van der Waals surface area contributed by atoms with E-state index in [2.05, 4.69) is 20.3 Å². The van der Waals surface area contributed by atoms with E-state index in [0.717, 1.165) is 5.69 Å². The molecule has 5 rings (SSSR count). The Morgan fingerprint density at radius 3 is 2.86 bits per heavy atom. The van der Waals surface area contributed by atoms with E-state index in [1.807, 2.05) is 19.1 Å². The standard InChI is InChI=1S/C24H24FN5O4S/c1-15-12-19-20(27-15)6-7-21(23(19)25)34-22-8-10-26-24(29-22)28-16-4-3-5-17(13-16)33-18-9-11-30(14-18)35(2,31)32/h3-8,10,12-13,18,27H,9,11,14H2,1-2H3,(H,26,28,29)/t18-/m1/s1. The lowest BCUT2D eigenvalue weighted by atomic mass is 10.2. The molecule has 1 saturated heterocycles. The summed E-state index contributed by atoms with van der Waals surface area (Å²) >= 11 is 0. The molecule has 0 spiro atoms. The second kappa shape index (κ2) is 9.16. The number of aromatic nitrogens is 3. The molecule has 1 aliphatic heterocycles. The summed E-state index contributed by atoms with van der Waals surface area (Å²) in [5.41, 5.74) is 2.23. The Labute approximate surface area is 202 Å². The normalized spacial score (nSPS) is 16.5. The zero-order chi connectivity index (χ0) is 24.6. The number of benzene rings is 2. The van der Waals surface area contributed by atoms with Crippen LogP contribution in [-0.4, -0.2) is 53.1 Å². The molecule has 2 N–H and O–H groups in total. The topological polar surface area (TPSA) is 109 Å². The van der Waals surface area contributed by atoms with E-state index in [0.29, 0.717) is 41.9 Å². The van der Waals surface area contributed by atoms with E-state index in [4.69, 9.17) is 9.47 Å². The molecule has 0 unspecified atom stereocenters. The first kappa shape index (κ1) is 23.1. The van der Waals surface area contributed by atoms with Gasteiger partial charge in [0.25, 0.3) is 0 Å². The van der Waals surface area contributed by atoms with Gasteiger partial charge >= 0.3 is 0 Å². The Bertz CT molecular complexity index is 1490. The van der Waals surface area contributed by atoms with Crippen molar-refractivity contribution >= 4 is 32.6 Å². The molecule has 0 amide bonds. The second-order valence-electron chi connectivity index (χ2n) is 8.41. The molecule has 0 radical (unpaired) electrons. The van der Waals surface area contributed by atoms with Gasteiger partial charge in [-0.1, -0.05) is 6.07 Å². The van der Waals surface area contributed by atoms with Crippen LogP contribution in [0.2, 0.25) is 0 Å². The highest BCUT2D eigenvalue weighted by Gasteiger charge is 2.29. The Balaban J connectivity index is 1.27. The average Bonchev–Trinajstić information content (AvgIpc) is 3.43. The number of rotatable bonds is 7. The molecule has 9 nitrogen and oxygen atoms in total. The molecule has 0 saturated carbocycles. The van der Waals surface area contributed by atoms with Crippen LogP contribution in [-0.2, 0) is 10.0 Å². The third kappa shape index (κ3) is 5.20. The van der Waals surface area contributed by atoms with Crippen molar-refractivity contribution in [3.05, 3.63) is 66.2 Å². The lowest BCUT2D eigenvalue weighted by molar-refractivity contribution is 0.216. The number of nitrogens with zero attached hydrogens (tertiary/aromatic N) is 3. The van der Waals surface area contributed by atoms with Gasteiger partial charge in [-0.3, -0.25) is 0 Å². The van der Waals surface area contributed by atoms with Crippen LogP contribution < -0.4 is 14.8 Å². The minimum absolute atomic E-state index is 0.0660. The van der Waals surface area contributed by atoms with Gasteiger partial charge in [0, 0.05) is 47.2 Å². The van der Waals surface area contributed by atoms with Crippen LogP contribution in [0.4, 0.5) is 16.0 Å². The molecular formula is C24H24FN5O4S. The average molecular weight is 498 g/mol. The maximum Gasteiger partial charge on any atom is 0.230 e. The molecule has 2 aromatic heterocycles. The van der Waals surface area contributed by atoms with Crippen molar-refractivity contribution in [2.24, 2.45) is 0 Å². The monoisotopic (exact) mass is 497 g/mol. The molecule has 11 heteroatoms. The number of sulfonamides is 1. The maximum atomic E-state index is 14.9. The van der Waals surface area contributed by atoms with Crippen LogP contribution >= 0.6 is 0 Å². The van der Waals surface area contributed by atoms with Gasteiger partial charge in [-0.25, -0.2) is 17.8 Å². The lowest BCUT2D eigenvalue weighted by Crippen LogP contribution is -2.29. The molecule has 0 bridgehead atoms. The summed E-state index contributed by atoms with van der Waals surface area (Å²) in [5, 5.41) is 3.54. The number of hydrogen-bond donors (Lipinski definition) is 2. The Morgan fingerprint density at radius 1 is 1.20 bits per heavy atom. The third-order valence-corrected chi connectivity index (χ3v) is 6.92. The van der Waals surface area contributed by atoms with E-state index >= 15 is 0 Å². The first-order valence-electron chi connectivity index (χ1n) is 11.0. The largest absolute Gasteiger partial charge is 0.489 e. The highest BCUT2D eigenvalue weighted by atomic mass is 32.2. The van der Waals surface area contributed by atoms with Crippen molar-refractivity contribution in [1.82, 2.24) is 19.3 Å². The second-order valence-corrected chi connectivity index (χ2v) is 10.4. The predicted octanol–water partition coefficient (Wildman–Crippen LogP) is 4.35. The number of hydrogen-bond acceptors (Lipinski definition) is 7. The van der Waals surface area contributed by atoms with Crippen LogP contribution in [0.3, 0.4) is 0 Å². The first-order chi connectivity index (χ1) is 16.7. The summed E-state index contributed by atoms with van der Waals surface area (Å²) in [4.78, 5) is 11.6. The van der Waals surface area contributed by atoms with Crippen molar-refractivity contribution in [1.29, 1.82) is 0 Å². The summed E-state index contributed by atoms with van der Waals surface area (Å²) in [7, 11) is -3.23. The third-order valence-electron chi connectivity index (χ3n) is 5.65. The zero-order valence-electron chi connectivity index (χ0n) is 19.2. The predicted molar refractivity (Wildman–Crippen MR) is 130 cm³/mol. The molecule has 4 aromatic rings. The number of nitrogens with one attached hydrogen (secondary N) is 2. The minimum Gasteiger partial charge on any atom is -0.489 e. The van der Waals surface area contributed by atoms with Gasteiger partial charge in [0.15, 0.2) is 11.6 Å². The Kier molecular flexibility index (Phi) is 6.03. The number of aromatic amines is 1. The number of anilines is 2. The van der Waals surface area contributed by atoms with Crippen molar-refractivity contribution in [2.75, 3.05) is 24.7 Å². The van der Waals surface area contributed by atoms with E-state index in [1.165, 1.54) is 16.8 Å². The molecule has 1 fully saturated rings. The Hall–Kier alpha value is -3.70. The summed E-state index contributed by atoms with van der Waals surface area (Å²) in [6.45, 7) is 2.63. The van der Waals surface area contributed by atoms with E-state index in [-0.39, 0.29) is 23.7 Å². The van der Waals surface area contributed by atoms with Crippen LogP contribution in [0.25, 0.3) is 10.9 Å². The van der Waals surface area contributed by atoms with E-state index in [9.17, 15) is 12.8 Å². The molecule has 3 heterocycles. The number of halogens is 1. The molecule has 35 heavy (non-hydrogen) atoms. The summed E-state index contributed by atoms with van der Waals surface area (Å²) in [5.74, 6) is 0.650. The number of H-pyrrole nitrogens is 1. The maximum absolute atomic E-state index is 14.9. The van der Waals surface area contributed by atoms with Crippen molar-refractivity contribution < 1.29 is 22.3 Å². The molecule has 1 aliphatic rings. The van der Waals surface area contributed by atoms with Crippen molar-refractivity contribution in [2.45, 2.75) is 19.4 Å². The van der Waals surface area contributed by atoms with Crippen LogP contribution in [0.15, 0.2) is 54.7 Å². The SMILES string of the molecule is Cc1cc2c(F)c(Oc3ccnc(Nc4cccc(O[C@@H]5CCN(S(C)(=O)=O)C5)c4)n3)ccc2[nH]1. The van der Waals surface area contributed by atoms with Crippen LogP contribution in [0, 0.1) is 12.7 Å². The van der Waals surface area contributed by atoms with Crippen molar-refractivity contribution in [3.8, 4) is 17.4 Å². The summed E-state index contributed by atoms with van der Waals surface area (Å²) in [6, 6.07) is 13.8. The lowest BCUT2D eigenvalue weighted by Gasteiger charge is -2.16. The van der Waals surface area contributed by atoms with Crippen molar-refractivity contribution in [3.63, 3.8) is 0 Å². The number of ether oxygens (including phenoxy) is 2. The molecule has 0 aliphatic carbocycles. The van der Waals surface area contributed by atoms with E-state index < -0.39 is 15.8 Å². The molecule has 1 atom stereocenters. The van der Waals surface area contributed by atoms with Gasteiger partial charge in [-0.2, -0.15) is 9.29 Å². The van der Waals surface area contributed by atoms with Gasteiger partial charge in [0.2, 0.25) is 21.9 Å². The quantitative estimate of drug-likeness (QED) is 0.391. The fourth-order valence-corrected chi connectivity index (χ4v) is 4.88. The smallest absolute Gasteiger partial charge is 0.230 e. The number of aryl methyl sites for hydroxylation is 1. The number of fused-ring (bicyclic) bond motifs is 1. The fourth-order valence-electron chi connectivity index (χ4n) is 4.00. The highest BCUT2D eigenvalue weighted by Crippen LogP contribution is 2.30. The highest BCUT2D eigenvalue weighted by molar-refractivity contribution is 7.88. The van der Waals surface area contributed by atoms with Gasteiger partial charge in [-0.05, 0) is 43.7 Å². The summed E-state index contributed by atoms with van der Waals surface area (Å²) in [6.07, 6.45) is 3.12. The minimum atomic E-state index is -3.23. The zero-order valence-corrected chi connectivity index (χ0v) is 20.0. The first-order valence-corrected chi connectivity index (χ1v) is 12.9. The molecular weight excluding hydrogens is 473 g/mol. The van der Waals surface area contributed by atoms with Crippen LogP contribution in [0.5, 0.6) is 17.4 Å². The van der Waals surface area contributed by atoms with Gasteiger partial charge in [0.05, 0.1) is 12.8 Å². The summed E-state index contributed by atoms with van der Waals surface area (Å²) < 4.78 is 51.4. The van der Waals surface area contributed by atoms with Gasteiger partial charge < -0.3 is 19.8 Å². The fraction of sp³-hybridized carbons (Fsp3) is 0.250. The molecule has 2 aromatic carbocycles. The Morgan fingerprint density at radius 2 is 2.06 bits per heavy atom. The molecule has 182 valence electrons.